The number of aromatic nitrogens is 1. The van der Waals surface area contributed by atoms with Crippen molar-refractivity contribution in [1.82, 2.24) is 9.88 Å². The predicted molar refractivity (Wildman–Crippen MR) is 74.6 cm³/mol. The molecule has 1 aromatic rings. The molecule has 19 heavy (non-hydrogen) atoms. The highest BCUT2D eigenvalue weighted by molar-refractivity contribution is 6.33. The maximum atomic E-state index is 12.4. The van der Waals surface area contributed by atoms with Crippen LogP contribution in [-0.2, 0) is 0 Å². The molecule has 104 valence electrons. The molecule has 1 amide bonds. The number of carbonyl (C=O) groups excluding carboxylic acids is 1. The Bertz CT molecular complexity index is 481. The molecular weight excluding hydrogens is 266 g/mol. The van der Waals surface area contributed by atoms with E-state index in [2.05, 4.69) is 10.3 Å². The number of nitrogens with zero attached hydrogens (tertiary/aromatic N) is 2. The highest BCUT2D eigenvalue weighted by atomic mass is 35.5. The number of nitrogens with one attached hydrogen (secondary N) is 1. The van der Waals surface area contributed by atoms with Crippen molar-refractivity contribution in [3.63, 3.8) is 0 Å². The lowest BCUT2D eigenvalue weighted by atomic mass is 9.94. The summed E-state index contributed by atoms with van der Waals surface area (Å²) >= 11 is 6.04. The number of amides is 1. The van der Waals surface area contributed by atoms with Gasteiger partial charge in [0, 0.05) is 20.1 Å². The zero-order valence-electron chi connectivity index (χ0n) is 11.1. The molecule has 1 fully saturated rings. The smallest absolute Gasteiger partial charge is 0.274 e. The van der Waals surface area contributed by atoms with E-state index in [1.807, 2.05) is 0 Å². The average molecular weight is 284 g/mol. The molecule has 0 atom stereocenters. The van der Waals surface area contributed by atoms with Gasteiger partial charge in [-0.3, -0.25) is 4.79 Å². The number of hydrogen-bond acceptors (Lipinski definition) is 4. The Morgan fingerprint density at radius 3 is 2.68 bits per heavy atom. The molecule has 2 rings (SSSR count). The molecule has 0 aromatic carbocycles. The van der Waals surface area contributed by atoms with Crippen LogP contribution < -0.4 is 5.32 Å². The van der Waals surface area contributed by atoms with Crippen LogP contribution in [0.2, 0.25) is 5.02 Å². The van der Waals surface area contributed by atoms with Crippen LogP contribution in [0.3, 0.4) is 0 Å². The fourth-order valence-corrected chi connectivity index (χ4v) is 2.26. The van der Waals surface area contributed by atoms with Gasteiger partial charge in [-0.2, -0.15) is 0 Å². The van der Waals surface area contributed by atoms with E-state index in [0.29, 0.717) is 36.8 Å². The molecule has 0 radical (unpaired) electrons. The van der Waals surface area contributed by atoms with E-state index in [1.165, 1.54) is 0 Å². The summed E-state index contributed by atoms with van der Waals surface area (Å²) in [7, 11) is 1.74. The minimum atomic E-state index is -0.680. The molecule has 1 aliphatic rings. The number of aliphatic hydroxyl groups is 1. The third kappa shape index (κ3) is 3.16. The molecule has 1 aliphatic heterocycles. The fraction of sp³-hybridized carbons (Fsp3) is 0.538. The lowest BCUT2D eigenvalue weighted by molar-refractivity contribution is -0.00218. The maximum absolute atomic E-state index is 12.4. The van der Waals surface area contributed by atoms with E-state index >= 15 is 0 Å². The average Bonchev–Trinajstić information content (AvgIpc) is 2.38. The number of halogens is 1. The van der Waals surface area contributed by atoms with Gasteiger partial charge in [0.15, 0.2) is 0 Å². The lowest BCUT2D eigenvalue weighted by Gasteiger charge is -2.35. The maximum Gasteiger partial charge on any atom is 0.274 e. The first kappa shape index (κ1) is 14.1. The number of pyridine rings is 1. The summed E-state index contributed by atoms with van der Waals surface area (Å²) in [6, 6.07) is 3.38. The van der Waals surface area contributed by atoms with Crippen LogP contribution in [-0.4, -0.2) is 46.6 Å². The molecular formula is C13H18ClN3O2. The van der Waals surface area contributed by atoms with Crippen molar-refractivity contribution in [3.05, 3.63) is 22.8 Å². The second-order valence-electron chi connectivity index (χ2n) is 5.07. The van der Waals surface area contributed by atoms with Crippen LogP contribution in [0.4, 0.5) is 5.82 Å². The summed E-state index contributed by atoms with van der Waals surface area (Å²) in [6.07, 6.45) is 1.14. The molecule has 2 N–H and O–H groups in total. The summed E-state index contributed by atoms with van der Waals surface area (Å²) < 4.78 is 0. The first-order valence-electron chi connectivity index (χ1n) is 6.29. The van der Waals surface area contributed by atoms with Crippen LogP contribution in [0.25, 0.3) is 0 Å². The summed E-state index contributed by atoms with van der Waals surface area (Å²) in [5.41, 5.74) is -0.420. The largest absolute Gasteiger partial charge is 0.390 e. The Morgan fingerprint density at radius 1 is 1.47 bits per heavy atom. The highest BCUT2D eigenvalue weighted by Crippen LogP contribution is 2.24. The Kier molecular flexibility index (Phi) is 3.96. The topological polar surface area (TPSA) is 65.5 Å². The third-order valence-corrected chi connectivity index (χ3v) is 3.74. The molecule has 0 saturated carbocycles. The molecule has 1 saturated heterocycles. The van der Waals surface area contributed by atoms with E-state index < -0.39 is 5.60 Å². The van der Waals surface area contributed by atoms with Crippen molar-refractivity contribution in [2.45, 2.75) is 25.4 Å². The first-order chi connectivity index (χ1) is 8.93. The quantitative estimate of drug-likeness (QED) is 0.868. The second kappa shape index (κ2) is 5.35. The Balaban J connectivity index is 2.16. The summed E-state index contributed by atoms with van der Waals surface area (Å²) in [5.74, 6) is 0.425. The van der Waals surface area contributed by atoms with Crippen molar-refractivity contribution >= 4 is 23.3 Å². The van der Waals surface area contributed by atoms with Gasteiger partial charge in [-0.05, 0) is 31.9 Å². The van der Waals surface area contributed by atoms with Gasteiger partial charge in [0.25, 0.3) is 5.91 Å². The highest BCUT2D eigenvalue weighted by Gasteiger charge is 2.31. The number of carbonyl (C=O) groups is 1. The number of hydrogen-bond donors (Lipinski definition) is 2. The molecule has 6 heteroatoms. The van der Waals surface area contributed by atoms with Gasteiger partial charge in [0.2, 0.25) is 0 Å². The third-order valence-electron chi connectivity index (χ3n) is 3.43. The summed E-state index contributed by atoms with van der Waals surface area (Å²) in [6.45, 7) is 2.84. The van der Waals surface area contributed by atoms with Crippen LogP contribution in [0.1, 0.15) is 30.3 Å². The Morgan fingerprint density at radius 2 is 2.11 bits per heavy atom. The van der Waals surface area contributed by atoms with Gasteiger partial charge in [-0.1, -0.05) is 11.6 Å². The first-order valence-corrected chi connectivity index (χ1v) is 6.67. The molecule has 0 aliphatic carbocycles. The minimum Gasteiger partial charge on any atom is -0.390 e. The van der Waals surface area contributed by atoms with Gasteiger partial charge >= 0.3 is 0 Å². The van der Waals surface area contributed by atoms with E-state index in [9.17, 15) is 9.90 Å². The predicted octanol–water partition coefficient (Wildman–Crippen LogP) is 1.76. The molecule has 0 unspecified atom stereocenters. The molecule has 0 spiro atoms. The Labute approximate surface area is 117 Å². The normalized spacial score (nSPS) is 18.2. The van der Waals surface area contributed by atoms with E-state index in [0.717, 1.165) is 0 Å². The minimum absolute atomic E-state index is 0.183. The molecule has 1 aromatic heterocycles. The SMILES string of the molecule is CNc1ccc(Cl)c(C(=O)N2CCC(C)(O)CC2)n1. The molecule has 2 heterocycles. The van der Waals surface area contributed by atoms with Crippen molar-refractivity contribution in [3.8, 4) is 0 Å². The van der Waals surface area contributed by atoms with E-state index in [-0.39, 0.29) is 11.6 Å². The van der Waals surface area contributed by atoms with E-state index in [1.54, 1.807) is 31.0 Å². The summed E-state index contributed by atoms with van der Waals surface area (Å²) in [5, 5.41) is 13.1. The number of likely N-dealkylation sites (tertiary alicyclic amines) is 1. The molecule has 0 bridgehead atoms. The van der Waals surface area contributed by atoms with Crippen molar-refractivity contribution in [2.75, 3.05) is 25.5 Å². The van der Waals surface area contributed by atoms with Crippen molar-refractivity contribution in [1.29, 1.82) is 0 Å². The van der Waals surface area contributed by atoms with E-state index in [4.69, 9.17) is 11.6 Å². The number of anilines is 1. The lowest BCUT2D eigenvalue weighted by Crippen LogP contribution is -2.45. The van der Waals surface area contributed by atoms with Gasteiger partial charge in [0.05, 0.1) is 10.6 Å². The standard InChI is InChI=1S/C13H18ClN3O2/c1-13(19)5-7-17(8-6-13)12(18)11-9(14)3-4-10(15-2)16-11/h3-4,19H,5-8H2,1-2H3,(H,15,16). The van der Waals surface area contributed by atoms with Gasteiger partial charge in [0.1, 0.15) is 11.5 Å². The Hall–Kier alpha value is -1.33. The van der Waals surface area contributed by atoms with Crippen LogP contribution in [0.15, 0.2) is 12.1 Å². The fourth-order valence-electron chi connectivity index (χ4n) is 2.07. The number of rotatable bonds is 2. The van der Waals surface area contributed by atoms with Gasteiger partial charge in [-0.25, -0.2) is 4.98 Å². The second-order valence-corrected chi connectivity index (χ2v) is 5.47. The van der Waals surface area contributed by atoms with Gasteiger partial charge < -0.3 is 15.3 Å². The van der Waals surface area contributed by atoms with Crippen LogP contribution >= 0.6 is 11.6 Å². The van der Waals surface area contributed by atoms with Crippen molar-refractivity contribution < 1.29 is 9.90 Å². The van der Waals surface area contributed by atoms with Crippen LogP contribution in [0.5, 0.6) is 0 Å². The zero-order valence-corrected chi connectivity index (χ0v) is 11.9. The molecule has 5 nitrogen and oxygen atoms in total. The monoisotopic (exact) mass is 283 g/mol. The van der Waals surface area contributed by atoms with Crippen molar-refractivity contribution in [2.24, 2.45) is 0 Å². The summed E-state index contributed by atoms with van der Waals surface area (Å²) in [4.78, 5) is 18.3. The van der Waals surface area contributed by atoms with Gasteiger partial charge in [-0.15, -0.1) is 0 Å². The zero-order chi connectivity index (χ0) is 14.0. The van der Waals surface area contributed by atoms with Crippen LogP contribution in [0, 0.1) is 0 Å². The number of piperidine rings is 1.